The van der Waals surface area contributed by atoms with E-state index in [2.05, 4.69) is 143 Å². The second-order valence-electron chi connectivity index (χ2n) is 9.43. The van der Waals surface area contributed by atoms with Gasteiger partial charge in [0, 0.05) is 32.9 Å². The molecule has 0 aliphatic carbocycles. The van der Waals surface area contributed by atoms with Crippen LogP contribution in [0.2, 0.25) is 0 Å². The van der Waals surface area contributed by atoms with Crippen LogP contribution in [-0.4, -0.2) is 9.13 Å². The maximum absolute atomic E-state index is 2.42. The molecule has 8 rings (SSSR count). The Labute approximate surface area is 208 Å². The van der Waals surface area contributed by atoms with Gasteiger partial charge in [0.2, 0.25) is 0 Å². The van der Waals surface area contributed by atoms with Gasteiger partial charge in [-0.2, -0.15) is 0 Å². The van der Waals surface area contributed by atoms with E-state index in [-0.39, 0.29) is 0 Å². The topological polar surface area (TPSA) is 9.86 Å². The third-order valence-corrected chi connectivity index (χ3v) is 7.48. The lowest BCUT2D eigenvalue weighted by molar-refractivity contribution is 1.17. The molecule has 2 heterocycles. The van der Waals surface area contributed by atoms with Crippen molar-refractivity contribution in [2.75, 3.05) is 0 Å². The second kappa shape index (κ2) is 7.34. The first-order valence-corrected chi connectivity index (χ1v) is 12.4. The van der Waals surface area contributed by atoms with E-state index in [1.54, 1.807) is 0 Å². The van der Waals surface area contributed by atoms with Crippen molar-refractivity contribution in [1.82, 2.24) is 9.13 Å². The summed E-state index contributed by atoms with van der Waals surface area (Å²) in [6.07, 6.45) is 0. The first-order chi connectivity index (χ1) is 17.9. The number of aromatic nitrogens is 2. The Morgan fingerprint density at radius 3 is 1.64 bits per heavy atom. The lowest BCUT2D eigenvalue weighted by Crippen LogP contribution is -1.94. The van der Waals surface area contributed by atoms with Crippen molar-refractivity contribution in [3.8, 4) is 11.4 Å². The quantitative estimate of drug-likeness (QED) is 0.244. The molecule has 0 amide bonds. The first kappa shape index (κ1) is 19.5. The summed E-state index contributed by atoms with van der Waals surface area (Å²) in [5.41, 5.74) is 7.29. The highest BCUT2D eigenvalue weighted by atomic mass is 15.0. The molecule has 2 nitrogen and oxygen atoms in total. The number of para-hydroxylation sites is 3. The average molecular weight is 459 g/mol. The van der Waals surface area contributed by atoms with E-state index in [1.807, 2.05) is 0 Å². The van der Waals surface area contributed by atoms with Crippen LogP contribution in [0.3, 0.4) is 0 Å². The smallest absolute Gasteiger partial charge is 0.0549 e. The van der Waals surface area contributed by atoms with Crippen molar-refractivity contribution < 1.29 is 0 Å². The lowest BCUT2D eigenvalue weighted by Gasteiger charge is -2.09. The van der Waals surface area contributed by atoms with Crippen molar-refractivity contribution in [2.24, 2.45) is 0 Å². The largest absolute Gasteiger partial charge is 0.309 e. The van der Waals surface area contributed by atoms with Crippen LogP contribution in [0, 0.1) is 0 Å². The molecule has 0 atom stereocenters. The van der Waals surface area contributed by atoms with Crippen LogP contribution in [0.1, 0.15) is 0 Å². The number of nitrogens with zero attached hydrogens (tertiary/aromatic N) is 2. The molecule has 6 aromatic carbocycles. The predicted molar refractivity (Wildman–Crippen MR) is 153 cm³/mol. The molecule has 0 spiro atoms. The highest BCUT2D eigenvalue weighted by molar-refractivity contribution is 6.25. The summed E-state index contributed by atoms with van der Waals surface area (Å²) in [5.74, 6) is 0. The van der Waals surface area contributed by atoms with Gasteiger partial charge in [0.25, 0.3) is 0 Å². The molecule has 0 aliphatic heterocycles. The van der Waals surface area contributed by atoms with E-state index in [4.69, 9.17) is 0 Å². The molecular formula is C34H22N2. The summed E-state index contributed by atoms with van der Waals surface area (Å²) < 4.78 is 4.83. The molecule has 0 aliphatic rings. The molecule has 0 N–H and O–H groups in total. The minimum Gasteiger partial charge on any atom is -0.309 e. The highest BCUT2D eigenvalue weighted by Gasteiger charge is 2.19. The zero-order chi connectivity index (χ0) is 23.6. The van der Waals surface area contributed by atoms with Gasteiger partial charge in [-0.1, -0.05) is 84.9 Å². The zero-order valence-corrected chi connectivity index (χ0v) is 19.6. The van der Waals surface area contributed by atoms with Crippen molar-refractivity contribution in [1.29, 1.82) is 0 Å². The Kier molecular flexibility index (Phi) is 3.97. The fourth-order valence-corrected chi connectivity index (χ4v) is 5.96. The van der Waals surface area contributed by atoms with Crippen LogP contribution in [-0.2, 0) is 0 Å². The van der Waals surface area contributed by atoms with E-state index in [0.29, 0.717) is 0 Å². The summed E-state index contributed by atoms with van der Waals surface area (Å²) in [6.45, 7) is 0. The van der Waals surface area contributed by atoms with Gasteiger partial charge in [0.1, 0.15) is 0 Å². The molecule has 0 saturated carbocycles. The van der Waals surface area contributed by atoms with Gasteiger partial charge in [-0.25, -0.2) is 0 Å². The number of benzene rings is 6. The van der Waals surface area contributed by atoms with Crippen LogP contribution in [0.15, 0.2) is 133 Å². The monoisotopic (exact) mass is 458 g/mol. The highest BCUT2D eigenvalue weighted by Crippen LogP contribution is 2.41. The predicted octanol–water partition coefficient (Wildman–Crippen LogP) is 9.03. The summed E-state index contributed by atoms with van der Waals surface area (Å²) in [6, 6.07) is 48.2. The molecule has 2 heteroatoms. The van der Waals surface area contributed by atoms with Crippen molar-refractivity contribution in [2.45, 2.75) is 0 Å². The van der Waals surface area contributed by atoms with Crippen molar-refractivity contribution in [3.05, 3.63) is 133 Å². The summed E-state index contributed by atoms with van der Waals surface area (Å²) in [5, 5.41) is 7.67. The van der Waals surface area contributed by atoms with Crippen LogP contribution in [0.4, 0.5) is 0 Å². The van der Waals surface area contributed by atoms with E-state index >= 15 is 0 Å². The molecule has 0 bridgehead atoms. The molecule has 0 saturated heterocycles. The third kappa shape index (κ3) is 2.61. The van der Waals surface area contributed by atoms with E-state index in [1.165, 1.54) is 65.8 Å². The zero-order valence-electron chi connectivity index (χ0n) is 19.6. The van der Waals surface area contributed by atoms with Crippen LogP contribution < -0.4 is 0 Å². The summed E-state index contributed by atoms with van der Waals surface area (Å²) in [7, 11) is 0. The van der Waals surface area contributed by atoms with E-state index in [9.17, 15) is 0 Å². The number of fused-ring (bicyclic) bond motifs is 8. The second-order valence-corrected chi connectivity index (χ2v) is 9.43. The minimum atomic E-state index is 1.18. The Hall–Kier alpha value is -4.82. The van der Waals surface area contributed by atoms with Gasteiger partial charge < -0.3 is 9.13 Å². The van der Waals surface area contributed by atoms with Gasteiger partial charge in [-0.15, -0.1) is 0 Å². The van der Waals surface area contributed by atoms with Crippen LogP contribution in [0.25, 0.3) is 65.8 Å². The maximum atomic E-state index is 2.42. The van der Waals surface area contributed by atoms with Gasteiger partial charge >= 0.3 is 0 Å². The molecule has 0 radical (unpaired) electrons. The fraction of sp³-hybridized carbons (Fsp3) is 0. The van der Waals surface area contributed by atoms with Gasteiger partial charge in [-0.3, -0.25) is 0 Å². The Bertz CT molecular complexity index is 2080. The molecule has 168 valence electrons. The normalized spacial score (nSPS) is 11.9. The SMILES string of the molecule is c1ccc(-n2c3ccccc3c3cc4c(cc32)c2c3ccccc3ccc2n4-c2ccccc2)cc1. The molecule has 0 unspecified atom stereocenters. The number of hydrogen-bond donors (Lipinski definition) is 0. The standard InChI is InChI=1S/C34H22N2/c1-3-12-24(13-4-1)35-30-18-10-9-17-27(30)28-21-33-29(22-32(28)35)34-26-16-8-7-11-23(26)19-20-31(34)36(33)25-14-5-2-6-15-25/h1-22H. The van der Waals surface area contributed by atoms with Crippen LogP contribution >= 0.6 is 0 Å². The number of rotatable bonds is 2. The number of hydrogen-bond acceptors (Lipinski definition) is 0. The fourth-order valence-electron chi connectivity index (χ4n) is 5.96. The van der Waals surface area contributed by atoms with E-state index in [0.717, 1.165) is 0 Å². The third-order valence-electron chi connectivity index (χ3n) is 7.48. The Morgan fingerprint density at radius 2 is 0.889 bits per heavy atom. The summed E-state index contributed by atoms with van der Waals surface area (Å²) >= 11 is 0. The minimum absolute atomic E-state index is 1.18. The Balaban J connectivity index is 1.64. The Morgan fingerprint density at radius 1 is 0.333 bits per heavy atom. The van der Waals surface area contributed by atoms with Gasteiger partial charge in [-0.05, 0) is 59.3 Å². The molecule has 8 aromatic rings. The average Bonchev–Trinajstić information content (AvgIpc) is 3.45. The molecule has 0 fully saturated rings. The first-order valence-electron chi connectivity index (χ1n) is 12.4. The van der Waals surface area contributed by atoms with Gasteiger partial charge in [0.15, 0.2) is 0 Å². The van der Waals surface area contributed by atoms with Crippen LogP contribution in [0.5, 0.6) is 0 Å². The molecule has 36 heavy (non-hydrogen) atoms. The molecule has 2 aromatic heterocycles. The molecular weight excluding hydrogens is 436 g/mol. The lowest BCUT2D eigenvalue weighted by atomic mass is 10.0. The maximum Gasteiger partial charge on any atom is 0.0549 e. The van der Waals surface area contributed by atoms with E-state index < -0.39 is 0 Å². The summed E-state index contributed by atoms with van der Waals surface area (Å²) in [4.78, 5) is 0. The van der Waals surface area contributed by atoms with Gasteiger partial charge in [0.05, 0.1) is 22.1 Å². The van der Waals surface area contributed by atoms with Crippen molar-refractivity contribution >= 4 is 54.4 Å². The van der Waals surface area contributed by atoms with Crippen molar-refractivity contribution in [3.63, 3.8) is 0 Å².